The maximum atomic E-state index is 13.4. The van der Waals surface area contributed by atoms with Crippen LogP contribution in [0.2, 0.25) is 0 Å². The van der Waals surface area contributed by atoms with Crippen LogP contribution in [0.4, 0.5) is 0 Å². The highest BCUT2D eigenvalue weighted by atomic mass is 35.5. The van der Waals surface area contributed by atoms with Gasteiger partial charge in [0.1, 0.15) is 6.04 Å². The summed E-state index contributed by atoms with van der Waals surface area (Å²) in [5.41, 5.74) is 0. The molecule has 14 heteroatoms. The average Bonchev–Trinajstić information content (AvgIpc) is 3.02. The normalized spacial score (nSPS) is 16.8. The van der Waals surface area contributed by atoms with Gasteiger partial charge >= 0.3 is 5.97 Å². The maximum absolute atomic E-state index is 13.4. The number of amides is 2. The Hall–Kier alpha value is -2.48. The lowest BCUT2D eigenvalue weighted by atomic mass is 9.84. The molecule has 2 aromatic carbocycles. The minimum atomic E-state index is -4.34. The van der Waals surface area contributed by atoms with Gasteiger partial charge in [0.25, 0.3) is 15.9 Å². The van der Waals surface area contributed by atoms with Crippen molar-refractivity contribution < 1.29 is 27.9 Å². The highest BCUT2D eigenvalue weighted by Crippen LogP contribution is 2.27. The molecule has 0 aliphatic carbocycles. The first-order chi connectivity index (χ1) is 20.7. The third kappa shape index (κ3) is 11.1. The first kappa shape index (κ1) is 38.7. The van der Waals surface area contributed by atoms with Crippen LogP contribution in [0.5, 0.6) is 0 Å². The van der Waals surface area contributed by atoms with Crippen molar-refractivity contribution in [2.45, 2.75) is 69.2 Å². The molecule has 2 aliphatic heterocycles. The van der Waals surface area contributed by atoms with Crippen molar-refractivity contribution in [2.24, 2.45) is 17.8 Å². The fourth-order valence-electron chi connectivity index (χ4n) is 6.08. The zero-order valence-corrected chi connectivity index (χ0v) is 28.2. The van der Waals surface area contributed by atoms with Crippen LogP contribution in [0.25, 0.3) is 10.8 Å². The summed E-state index contributed by atoms with van der Waals surface area (Å²) in [5, 5.41) is 20.8. The van der Waals surface area contributed by atoms with E-state index in [4.69, 9.17) is 0 Å². The number of carboxylic acids is 1. The number of piperidine rings is 2. The zero-order chi connectivity index (χ0) is 30.8. The second kappa shape index (κ2) is 18.6. The molecule has 0 aromatic heterocycles. The van der Waals surface area contributed by atoms with Gasteiger partial charge in [-0.05, 0) is 108 Å². The molecule has 2 saturated heterocycles. The number of rotatable bonds is 14. The molecule has 2 fully saturated rings. The third-order valence-electron chi connectivity index (χ3n) is 8.82. The zero-order valence-electron chi connectivity index (χ0n) is 25.7. The molecule has 0 radical (unpaired) electrons. The molecular weight excluding hydrogens is 641 g/mol. The van der Waals surface area contributed by atoms with Gasteiger partial charge in [0.05, 0.1) is 11.4 Å². The molecule has 2 amide bonds. The van der Waals surface area contributed by atoms with E-state index in [1.165, 1.54) is 13.0 Å². The Morgan fingerprint density at radius 1 is 0.889 bits per heavy atom. The number of nitrogens with one attached hydrogen (secondary N) is 4. The van der Waals surface area contributed by atoms with E-state index >= 15 is 0 Å². The highest BCUT2D eigenvalue weighted by molar-refractivity contribution is 7.89. The van der Waals surface area contributed by atoms with Crippen molar-refractivity contribution in [3.05, 3.63) is 42.5 Å². The molecule has 2 heterocycles. The van der Waals surface area contributed by atoms with Crippen molar-refractivity contribution >= 4 is 63.4 Å². The SMILES string of the molecule is CC(C(=O)O)N(NS(=O)(=O)c1cccc2ccccc12)C(=O)CNC(=O)C(CCC1CCNCC1)CCC1CCNCC1.Cl.Cl. The average molecular weight is 689 g/mol. The van der Waals surface area contributed by atoms with E-state index in [1.807, 2.05) is 0 Å². The fourth-order valence-corrected chi connectivity index (χ4v) is 7.43. The summed E-state index contributed by atoms with van der Waals surface area (Å²) in [4.78, 5) is 40.7. The first-order valence-corrected chi connectivity index (χ1v) is 16.9. The van der Waals surface area contributed by atoms with Gasteiger partial charge in [0.2, 0.25) is 5.91 Å². The van der Waals surface area contributed by atoms with Crippen molar-refractivity contribution in [1.29, 1.82) is 0 Å². The van der Waals surface area contributed by atoms with E-state index in [9.17, 15) is 27.9 Å². The van der Waals surface area contributed by atoms with Gasteiger partial charge in [-0.1, -0.05) is 36.4 Å². The molecular formula is C31H47Cl2N5O6S. The van der Waals surface area contributed by atoms with Gasteiger partial charge in [0, 0.05) is 11.3 Å². The molecule has 1 unspecified atom stereocenters. The number of hydrazine groups is 1. The molecule has 0 spiro atoms. The molecule has 45 heavy (non-hydrogen) atoms. The standard InChI is InChI=1S/C31H45N5O6S.2ClH/c1-22(31(39)40)36(35-43(41,42)28-8-4-6-25-5-2-3-7-27(25)28)29(37)21-34-30(38)26(11-9-23-13-17-32-18-14-23)12-10-24-15-19-33-20-16-24;;/h2-8,22-24,26,32-33,35H,9-21H2,1H3,(H,34,38)(H,39,40);2*1H. The topological polar surface area (TPSA) is 157 Å². The number of carbonyl (C=O) groups is 3. The van der Waals surface area contributed by atoms with E-state index < -0.39 is 34.5 Å². The van der Waals surface area contributed by atoms with Gasteiger partial charge in [-0.25, -0.2) is 18.2 Å². The monoisotopic (exact) mass is 687 g/mol. The minimum absolute atomic E-state index is 0. The van der Waals surface area contributed by atoms with Crippen LogP contribution in [0, 0.1) is 17.8 Å². The number of carboxylic acid groups (broad SMARTS) is 1. The number of benzene rings is 2. The Kier molecular flexibility index (Phi) is 16.0. The fraction of sp³-hybridized carbons (Fsp3) is 0.581. The highest BCUT2D eigenvalue weighted by Gasteiger charge is 2.32. The molecule has 2 aliphatic rings. The van der Waals surface area contributed by atoms with Crippen LogP contribution in [0.15, 0.2) is 47.4 Å². The summed E-state index contributed by atoms with van der Waals surface area (Å²) in [5.74, 6) is -1.64. The summed E-state index contributed by atoms with van der Waals surface area (Å²) in [7, 11) is -4.34. The molecule has 1 atom stereocenters. The first-order valence-electron chi connectivity index (χ1n) is 15.4. The predicted molar refractivity (Wildman–Crippen MR) is 179 cm³/mol. The lowest BCUT2D eigenvalue weighted by Gasteiger charge is -2.28. The van der Waals surface area contributed by atoms with Crippen LogP contribution in [-0.2, 0) is 24.4 Å². The molecule has 5 N–H and O–H groups in total. The summed E-state index contributed by atoms with van der Waals surface area (Å²) < 4.78 is 26.8. The van der Waals surface area contributed by atoms with E-state index in [2.05, 4.69) is 20.8 Å². The van der Waals surface area contributed by atoms with E-state index in [0.717, 1.165) is 77.5 Å². The Balaban J connectivity index is 0.00000353. The Morgan fingerprint density at radius 2 is 1.42 bits per heavy atom. The molecule has 252 valence electrons. The third-order valence-corrected chi connectivity index (χ3v) is 10.2. The number of carbonyl (C=O) groups excluding carboxylic acids is 2. The van der Waals surface area contributed by atoms with Crippen LogP contribution >= 0.6 is 24.8 Å². The Bertz CT molecular complexity index is 1340. The van der Waals surface area contributed by atoms with Crippen LogP contribution in [0.1, 0.15) is 58.3 Å². The van der Waals surface area contributed by atoms with Crippen LogP contribution < -0.4 is 20.8 Å². The van der Waals surface area contributed by atoms with Crippen molar-refractivity contribution in [1.82, 2.24) is 25.8 Å². The Morgan fingerprint density at radius 3 is 1.98 bits per heavy atom. The van der Waals surface area contributed by atoms with Gasteiger partial charge in [-0.2, -0.15) is 0 Å². The number of aliphatic carboxylic acids is 1. The summed E-state index contributed by atoms with van der Waals surface area (Å²) in [6.45, 7) is 4.63. The van der Waals surface area contributed by atoms with Crippen molar-refractivity contribution in [2.75, 3.05) is 32.7 Å². The number of hydrogen-bond donors (Lipinski definition) is 5. The number of nitrogens with zero attached hydrogens (tertiary/aromatic N) is 1. The quantitative estimate of drug-likeness (QED) is 0.189. The van der Waals surface area contributed by atoms with Crippen molar-refractivity contribution in [3.8, 4) is 0 Å². The second-order valence-corrected chi connectivity index (χ2v) is 13.4. The Labute approximate surface area is 278 Å². The van der Waals surface area contributed by atoms with Gasteiger partial charge in [0.15, 0.2) is 0 Å². The van der Waals surface area contributed by atoms with Crippen LogP contribution in [0.3, 0.4) is 0 Å². The van der Waals surface area contributed by atoms with E-state index in [0.29, 0.717) is 27.6 Å². The molecule has 2 aromatic rings. The summed E-state index contributed by atoms with van der Waals surface area (Å²) in [6.07, 6.45) is 7.65. The van der Waals surface area contributed by atoms with Crippen molar-refractivity contribution in [3.63, 3.8) is 0 Å². The smallest absolute Gasteiger partial charge is 0.327 e. The lowest BCUT2D eigenvalue weighted by Crippen LogP contribution is -2.56. The van der Waals surface area contributed by atoms with Gasteiger partial charge < -0.3 is 21.1 Å². The van der Waals surface area contributed by atoms with Gasteiger partial charge in [-0.3, -0.25) is 9.59 Å². The lowest BCUT2D eigenvalue weighted by molar-refractivity contribution is -0.150. The second-order valence-electron chi connectivity index (χ2n) is 11.8. The summed E-state index contributed by atoms with van der Waals surface area (Å²) >= 11 is 0. The van der Waals surface area contributed by atoms with Gasteiger partial charge in [-0.15, -0.1) is 29.6 Å². The summed E-state index contributed by atoms with van der Waals surface area (Å²) in [6, 6.07) is 10.1. The predicted octanol–water partition coefficient (Wildman–Crippen LogP) is 3.47. The number of sulfonamides is 1. The molecule has 0 saturated carbocycles. The maximum Gasteiger partial charge on any atom is 0.327 e. The minimum Gasteiger partial charge on any atom is -0.480 e. The number of fused-ring (bicyclic) bond motifs is 1. The molecule has 11 nitrogen and oxygen atoms in total. The number of hydrogen-bond acceptors (Lipinski definition) is 7. The molecule has 0 bridgehead atoms. The largest absolute Gasteiger partial charge is 0.480 e. The molecule has 4 rings (SSSR count). The van der Waals surface area contributed by atoms with E-state index in [-0.39, 0.29) is 41.5 Å². The number of halogens is 2. The van der Waals surface area contributed by atoms with E-state index in [1.54, 1.807) is 36.4 Å². The van der Waals surface area contributed by atoms with Crippen LogP contribution in [-0.4, -0.2) is 75.1 Å².